The van der Waals surface area contributed by atoms with E-state index in [0.29, 0.717) is 6.04 Å². The first-order chi connectivity index (χ1) is 9.29. The fraction of sp³-hybridized carbons (Fsp3) is 1.00. The molecule has 2 fully saturated rings. The minimum absolute atomic E-state index is 0.672. The van der Waals surface area contributed by atoms with Crippen molar-refractivity contribution in [1.82, 2.24) is 15.1 Å². The van der Waals surface area contributed by atoms with Gasteiger partial charge in [-0.2, -0.15) is 0 Å². The Labute approximate surface area is 119 Å². The van der Waals surface area contributed by atoms with Crippen LogP contribution in [0.2, 0.25) is 0 Å². The molecule has 0 saturated carbocycles. The summed E-state index contributed by atoms with van der Waals surface area (Å²) >= 11 is 0. The van der Waals surface area contributed by atoms with Gasteiger partial charge in [-0.05, 0) is 65.2 Å². The van der Waals surface area contributed by atoms with Gasteiger partial charge in [0.2, 0.25) is 0 Å². The molecule has 1 atom stereocenters. The maximum absolute atomic E-state index is 3.60. The molecule has 2 saturated heterocycles. The van der Waals surface area contributed by atoms with Crippen molar-refractivity contribution in [3.05, 3.63) is 0 Å². The zero-order chi connectivity index (χ0) is 13.5. The molecule has 2 aliphatic heterocycles. The predicted molar refractivity (Wildman–Crippen MR) is 82.6 cm³/mol. The van der Waals surface area contributed by atoms with Crippen LogP contribution >= 0.6 is 0 Å². The van der Waals surface area contributed by atoms with Crippen LogP contribution in [0.4, 0.5) is 0 Å². The third-order valence-corrected chi connectivity index (χ3v) is 5.00. The van der Waals surface area contributed by atoms with Crippen molar-refractivity contribution in [2.75, 3.05) is 39.3 Å². The van der Waals surface area contributed by atoms with Gasteiger partial charge in [-0.3, -0.25) is 0 Å². The average molecular weight is 267 g/mol. The largest absolute Gasteiger partial charge is 0.313 e. The van der Waals surface area contributed by atoms with Crippen molar-refractivity contribution in [3.8, 4) is 0 Å². The molecule has 112 valence electrons. The van der Waals surface area contributed by atoms with Crippen molar-refractivity contribution < 1.29 is 0 Å². The first-order valence-corrected chi connectivity index (χ1v) is 8.49. The van der Waals surface area contributed by atoms with Crippen molar-refractivity contribution in [1.29, 1.82) is 0 Å². The van der Waals surface area contributed by atoms with Gasteiger partial charge in [0.1, 0.15) is 0 Å². The topological polar surface area (TPSA) is 18.5 Å². The first kappa shape index (κ1) is 15.3. The van der Waals surface area contributed by atoms with E-state index >= 15 is 0 Å². The van der Waals surface area contributed by atoms with Crippen LogP contribution in [-0.2, 0) is 0 Å². The highest BCUT2D eigenvalue weighted by atomic mass is 15.2. The molecule has 0 spiro atoms. The summed E-state index contributed by atoms with van der Waals surface area (Å²) in [6.45, 7) is 12.3. The second-order valence-electron chi connectivity index (χ2n) is 6.43. The molecular weight excluding hydrogens is 234 g/mol. The lowest BCUT2D eigenvalue weighted by molar-refractivity contribution is 0.0927. The zero-order valence-electron chi connectivity index (χ0n) is 13.0. The first-order valence-electron chi connectivity index (χ1n) is 8.49. The van der Waals surface area contributed by atoms with Gasteiger partial charge in [0, 0.05) is 25.2 Å². The van der Waals surface area contributed by atoms with E-state index in [2.05, 4.69) is 29.0 Å². The van der Waals surface area contributed by atoms with Crippen LogP contribution in [-0.4, -0.2) is 61.2 Å². The van der Waals surface area contributed by atoms with Gasteiger partial charge in [-0.1, -0.05) is 13.3 Å². The number of piperidine rings is 2. The minimum Gasteiger partial charge on any atom is -0.313 e. The molecule has 1 N–H and O–H groups in total. The van der Waals surface area contributed by atoms with Crippen LogP contribution in [0.5, 0.6) is 0 Å². The number of rotatable bonds is 6. The van der Waals surface area contributed by atoms with Gasteiger partial charge < -0.3 is 15.1 Å². The average Bonchev–Trinajstić information content (AvgIpc) is 2.48. The second-order valence-corrected chi connectivity index (χ2v) is 6.43. The highest BCUT2D eigenvalue weighted by molar-refractivity contribution is 4.81. The van der Waals surface area contributed by atoms with Crippen LogP contribution in [0, 0.1) is 0 Å². The van der Waals surface area contributed by atoms with Crippen LogP contribution in [0.25, 0.3) is 0 Å². The molecular formula is C16H33N3. The Balaban J connectivity index is 1.59. The number of nitrogens with zero attached hydrogens (tertiary/aromatic N) is 2. The predicted octanol–water partition coefficient (Wildman–Crippen LogP) is 2.32. The molecule has 2 aliphatic rings. The maximum Gasteiger partial charge on any atom is 0.0120 e. The van der Waals surface area contributed by atoms with E-state index in [1.54, 1.807) is 0 Å². The molecule has 0 aromatic carbocycles. The molecule has 2 rings (SSSR count). The van der Waals surface area contributed by atoms with Gasteiger partial charge in [0.25, 0.3) is 0 Å². The summed E-state index contributed by atoms with van der Waals surface area (Å²) in [6.07, 6.45) is 8.33. The lowest BCUT2D eigenvalue weighted by atomic mass is 10.00. The number of nitrogens with one attached hydrogen (secondary N) is 1. The molecule has 1 unspecified atom stereocenters. The fourth-order valence-corrected chi connectivity index (χ4v) is 3.41. The minimum atomic E-state index is 0.672. The Hall–Kier alpha value is -0.120. The van der Waals surface area contributed by atoms with Crippen molar-refractivity contribution in [2.24, 2.45) is 0 Å². The van der Waals surface area contributed by atoms with Crippen LogP contribution < -0.4 is 5.32 Å². The summed E-state index contributed by atoms with van der Waals surface area (Å²) in [5, 5.41) is 3.60. The van der Waals surface area contributed by atoms with Crippen molar-refractivity contribution >= 4 is 0 Å². The van der Waals surface area contributed by atoms with E-state index < -0.39 is 0 Å². The van der Waals surface area contributed by atoms with E-state index in [4.69, 9.17) is 0 Å². The number of hydrogen-bond donors (Lipinski definition) is 1. The number of likely N-dealkylation sites (tertiary alicyclic amines) is 2. The summed E-state index contributed by atoms with van der Waals surface area (Å²) < 4.78 is 0. The maximum atomic E-state index is 3.60. The van der Waals surface area contributed by atoms with E-state index in [-0.39, 0.29) is 0 Å². The second kappa shape index (κ2) is 8.23. The van der Waals surface area contributed by atoms with Gasteiger partial charge in [0.05, 0.1) is 0 Å². The lowest BCUT2D eigenvalue weighted by Gasteiger charge is -2.40. The smallest absolute Gasteiger partial charge is 0.0120 e. The Morgan fingerprint density at radius 2 is 1.74 bits per heavy atom. The molecule has 19 heavy (non-hydrogen) atoms. The van der Waals surface area contributed by atoms with E-state index in [1.165, 1.54) is 71.2 Å². The molecule has 0 bridgehead atoms. The zero-order valence-corrected chi connectivity index (χ0v) is 13.0. The van der Waals surface area contributed by atoms with E-state index in [9.17, 15) is 0 Å². The summed E-state index contributed by atoms with van der Waals surface area (Å²) in [7, 11) is 0. The van der Waals surface area contributed by atoms with Crippen LogP contribution in [0.3, 0.4) is 0 Å². The summed E-state index contributed by atoms with van der Waals surface area (Å²) in [5.41, 5.74) is 0. The molecule has 0 amide bonds. The normalized spacial score (nSPS) is 25.6. The molecule has 0 aliphatic carbocycles. The summed E-state index contributed by atoms with van der Waals surface area (Å²) in [6, 6.07) is 1.56. The van der Waals surface area contributed by atoms with Crippen LogP contribution in [0.1, 0.15) is 52.4 Å². The van der Waals surface area contributed by atoms with Gasteiger partial charge in [-0.25, -0.2) is 0 Å². The Morgan fingerprint density at radius 3 is 2.37 bits per heavy atom. The lowest BCUT2D eigenvalue weighted by Crippen LogP contribution is -2.48. The van der Waals surface area contributed by atoms with Crippen LogP contribution in [0.15, 0.2) is 0 Å². The Morgan fingerprint density at radius 1 is 1.05 bits per heavy atom. The number of hydrogen-bond acceptors (Lipinski definition) is 3. The monoisotopic (exact) mass is 267 g/mol. The Kier molecular flexibility index (Phi) is 6.62. The highest BCUT2D eigenvalue weighted by Gasteiger charge is 2.25. The standard InChI is InChI=1S/C16H33N3/c1-3-15(2)17-9-14-18-12-7-16(8-13-18)19-10-5-4-6-11-19/h15-17H,3-14H2,1-2H3. The summed E-state index contributed by atoms with van der Waals surface area (Å²) in [5.74, 6) is 0. The van der Waals surface area contributed by atoms with Gasteiger partial charge in [-0.15, -0.1) is 0 Å². The van der Waals surface area contributed by atoms with E-state index in [1.807, 2.05) is 0 Å². The highest BCUT2D eigenvalue weighted by Crippen LogP contribution is 2.20. The Bertz CT molecular complexity index is 230. The quantitative estimate of drug-likeness (QED) is 0.797. The molecule has 0 radical (unpaired) electrons. The summed E-state index contributed by atoms with van der Waals surface area (Å²) in [4.78, 5) is 5.41. The molecule has 3 heteroatoms. The van der Waals surface area contributed by atoms with Crippen molar-refractivity contribution in [2.45, 2.75) is 64.5 Å². The van der Waals surface area contributed by atoms with Gasteiger partial charge in [0.15, 0.2) is 0 Å². The van der Waals surface area contributed by atoms with Crippen molar-refractivity contribution in [3.63, 3.8) is 0 Å². The molecule has 0 aromatic heterocycles. The van der Waals surface area contributed by atoms with E-state index in [0.717, 1.165) is 12.6 Å². The molecule has 2 heterocycles. The fourth-order valence-electron chi connectivity index (χ4n) is 3.41. The SMILES string of the molecule is CCC(C)NCCN1CCC(N2CCCCC2)CC1. The third kappa shape index (κ3) is 5.05. The molecule has 3 nitrogen and oxygen atoms in total. The van der Waals surface area contributed by atoms with Gasteiger partial charge >= 0.3 is 0 Å². The third-order valence-electron chi connectivity index (χ3n) is 5.00. The molecule has 0 aromatic rings.